The van der Waals surface area contributed by atoms with E-state index in [2.05, 4.69) is 39.1 Å². The molecular formula is C19H26N5O3S-. The van der Waals surface area contributed by atoms with Gasteiger partial charge in [-0.3, -0.25) is 4.90 Å². The summed E-state index contributed by atoms with van der Waals surface area (Å²) in [5.74, 6) is 1.94. The van der Waals surface area contributed by atoms with E-state index in [1.54, 1.807) is 0 Å². The quantitative estimate of drug-likeness (QED) is 0.680. The molecule has 1 aromatic heterocycles. The van der Waals surface area contributed by atoms with Crippen molar-refractivity contribution in [3.05, 3.63) is 29.0 Å². The molecule has 1 fully saturated rings. The van der Waals surface area contributed by atoms with Crippen molar-refractivity contribution >= 4 is 21.6 Å². The third-order valence-electron chi connectivity index (χ3n) is 5.16. The molecule has 2 aliphatic heterocycles. The zero-order chi connectivity index (χ0) is 19.7. The fourth-order valence-electron chi connectivity index (χ4n) is 3.53. The third kappa shape index (κ3) is 4.01. The molecule has 0 aliphatic carbocycles. The van der Waals surface area contributed by atoms with Crippen LogP contribution >= 0.6 is 11.3 Å². The van der Waals surface area contributed by atoms with Gasteiger partial charge in [0.25, 0.3) is 0 Å². The minimum Gasteiger partial charge on any atom is -0.757 e. The van der Waals surface area contributed by atoms with Crippen molar-refractivity contribution in [3.8, 4) is 11.5 Å². The standard InChI is InChI=1S/C19H26N5O3S/c1-13(2)11-24(25)19-21-20-18(28-19)23-8-6-22(7-9-23)14(3)15-4-5-16-17(10-15)27-12-26-16/h4-5,10,13-14H,6-9,11-12H2,1-3H3/q-1. The Morgan fingerprint density at radius 1 is 1.11 bits per heavy atom. The number of ether oxygens (including phenoxy) is 2. The third-order valence-corrected chi connectivity index (χ3v) is 6.15. The molecule has 152 valence electrons. The molecule has 0 radical (unpaired) electrons. The molecule has 0 amide bonds. The smallest absolute Gasteiger partial charge is 0.231 e. The molecule has 2 aliphatic rings. The lowest BCUT2D eigenvalue weighted by Gasteiger charge is -2.38. The summed E-state index contributed by atoms with van der Waals surface area (Å²) in [4.78, 5) is 4.67. The number of nitrogens with zero attached hydrogens (tertiary/aromatic N) is 5. The van der Waals surface area contributed by atoms with E-state index in [1.165, 1.54) is 16.9 Å². The molecule has 3 heterocycles. The monoisotopic (exact) mass is 404 g/mol. The number of aromatic nitrogens is 2. The lowest BCUT2D eigenvalue weighted by Crippen LogP contribution is -2.47. The van der Waals surface area contributed by atoms with Gasteiger partial charge in [0, 0.05) is 38.8 Å². The van der Waals surface area contributed by atoms with Gasteiger partial charge < -0.3 is 24.6 Å². The molecule has 0 N–H and O–H groups in total. The van der Waals surface area contributed by atoms with E-state index in [9.17, 15) is 5.21 Å². The van der Waals surface area contributed by atoms with Crippen LogP contribution in [-0.4, -0.2) is 54.6 Å². The number of rotatable bonds is 6. The molecule has 1 saturated heterocycles. The Morgan fingerprint density at radius 3 is 2.61 bits per heavy atom. The molecule has 8 nitrogen and oxygen atoms in total. The summed E-state index contributed by atoms with van der Waals surface area (Å²) in [6.07, 6.45) is 0. The second-order valence-electron chi connectivity index (χ2n) is 7.63. The first-order chi connectivity index (χ1) is 13.5. The van der Waals surface area contributed by atoms with Crippen LogP contribution in [0.1, 0.15) is 32.4 Å². The van der Waals surface area contributed by atoms with Gasteiger partial charge >= 0.3 is 0 Å². The molecule has 0 bridgehead atoms. The van der Waals surface area contributed by atoms with Crippen LogP contribution in [-0.2, 0) is 0 Å². The van der Waals surface area contributed by atoms with E-state index in [-0.39, 0.29) is 0 Å². The van der Waals surface area contributed by atoms with E-state index in [1.807, 2.05) is 19.9 Å². The Morgan fingerprint density at radius 2 is 1.86 bits per heavy atom. The summed E-state index contributed by atoms with van der Waals surface area (Å²) >= 11 is 1.38. The van der Waals surface area contributed by atoms with Gasteiger partial charge in [-0.2, -0.15) is 0 Å². The number of piperazine rings is 1. The molecule has 1 atom stereocenters. The van der Waals surface area contributed by atoms with Gasteiger partial charge in [0.15, 0.2) is 16.6 Å². The highest BCUT2D eigenvalue weighted by atomic mass is 32.1. The number of anilines is 2. The Hall–Kier alpha value is -2.10. The fourth-order valence-corrected chi connectivity index (χ4v) is 4.35. The van der Waals surface area contributed by atoms with Gasteiger partial charge in [-0.15, -0.1) is 10.2 Å². The number of benzene rings is 1. The fraction of sp³-hybridized carbons (Fsp3) is 0.579. The first-order valence-electron chi connectivity index (χ1n) is 9.68. The lowest BCUT2D eigenvalue weighted by atomic mass is 10.1. The van der Waals surface area contributed by atoms with Crippen molar-refractivity contribution in [1.82, 2.24) is 15.1 Å². The SMILES string of the molecule is CC(C)CN([O-])c1nnc(N2CCN(C(C)c3ccc4c(c3)OCO4)CC2)s1. The lowest BCUT2D eigenvalue weighted by molar-refractivity contribution is 0.173. The summed E-state index contributed by atoms with van der Waals surface area (Å²) < 4.78 is 10.9. The van der Waals surface area contributed by atoms with Crippen LogP contribution in [0.3, 0.4) is 0 Å². The van der Waals surface area contributed by atoms with Crippen molar-refractivity contribution in [3.63, 3.8) is 0 Å². The Kier molecular flexibility index (Phi) is 5.56. The van der Waals surface area contributed by atoms with Crippen LogP contribution in [0.2, 0.25) is 0 Å². The summed E-state index contributed by atoms with van der Waals surface area (Å²) in [5, 5.41) is 22.6. The molecule has 0 saturated carbocycles. The van der Waals surface area contributed by atoms with Crippen LogP contribution < -0.4 is 19.4 Å². The summed E-state index contributed by atoms with van der Waals surface area (Å²) in [6, 6.07) is 6.47. The molecule has 4 rings (SSSR count). The topological polar surface area (TPSA) is 77.0 Å². The number of hydroxylamine groups is 1. The maximum absolute atomic E-state index is 12.1. The van der Waals surface area contributed by atoms with Crippen LogP contribution in [0.5, 0.6) is 11.5 Å². The minimum absolute atomic E-state index is 0.296. The van der Waals surface area contributed by atoms with Crippen LogP contribution in [0.4, 0.5) is 10.3 Å². The van der Waals surface area contributed by atoms with Crippen molar-refractivity contribution in [2.45, 2.75) is 26.8 Å². The average molecular weight is 405 g/mol. The van der Waals surface area contributed by atoms with Crippen molar-refractivity contribution in [1.29, 1.82) is 0 Å². The number of fused-ring (bicyclic) bond motifs is 1. The van der Waals surface area contributed by atoms with E-state index in [0.29, 0.717) is 30.4 Å². The highest BCUT2D eigenvalue weighted by Crippen LogP contribution is 2.36. The Balaban J connectivity index is 1.35. The largest absolute Gasteiger partial charge is 0.757 e. The van der Waals surface area contributed by atoms with Gasteiger partial charge in [-0.1, -0.05) is 31.3 Å². The van der Waals surface area contributed by atoms with Crippen LogP contribution in [0.25, 0.3) is 0 Å². The van der Waals surface area contributed by atoms with Gasteiger partial charge in [-0.25, -0.2) is 0 Å². The number of hydrogen-bond acceptors (Lipinski definition) is 9. The molecule has 9 heteroatoms. The van der Waals surface area contributed by atoms with Gasteiger partial charge in [0.1, 0.15) is 0 Å². The molecule has 28 heavy (non-hydrogen) atoms. The molecule has 0 spiro atoms. The van der Waals surface area contributed by atoms with E-state index < -0.39 is 0 Å². The van der Waals surface area contributed by atoms with Gasteiger partial charge in [-0.05, 0) is 30.5 Å². The zero-order valence-corrected chi connectivity index (χ0v) is 17.3. The summed E-state index contributed by atoms with van der Waals surface area (Å²) in [6.45, 7) is 10.6. The van der Waals surface area contributed by atoms with Crippen LogP contribution in [0, 0.1) is 11.1 Å². The molecular weight excluding hydrogens is 378 g/mol. The van der Waals surface area contributed by atoms with Crippen molar-refractivity contribution in [2.24, 2.45) is 5.92 Å². The molecule has 1 aromatic carbocycles. The van der Waals surface area contributed by atoms with Crippen LogP contribution in [0.15, 0.2) is 18.2 Å². The number of hydrogen-bond donors (Lipinski definition) is 0. The Labute approximate surface area is 169 Å². The highest BCUT2D eigenvalue weighted by molar-refractivity contribution is 7.19. The second kappa shape index (κ2) is 8.10. The Bertz CT molecular complexity index is 807. The van der Waals surface area contributed by atoms with E-state index >= 15 is 0 Å². The highest BCUT2D eigenvalue weighted by Gasteiger charge is 2.25. The maximum Gasteiger partial charge on any atom is 0.231 e. The van der Waals surface area contributed by atoms with Crippen molar-refractivity contribution in [2.75, 3.05) is 49.5 Å². The average Bonchev–Trinajstić information content (AvgIpc) is 3.36. The first-order valence-corrected chi connectivity index (χ1v) is 10.5. The summed E-state index contributed by atoms with van der Waals surface area (Å²) in [5.41, 5.74) is 1.23. The zero-order valence-electron chi connectivity index (χ0n) is 16.5. The first kappa shape index (κ1) is 19.2. The minimum atomic E-state index is 0.296. The normalized spacial score (nSPS) is 18.0. The molecule has 1 unspecified atom stereocenters. The predicted octanol–water partition coefficient (Wildman–Crippen LogP) is 3.11. The second-order valence-corrected chi connectivity index (χ2v) is 8.57. The van der Waals surface area contributed by atoms with E-state index in [0.717, 1.165) is 47.9 Å². The van der Waals surface area contributed by atoms with E-state index in [4.69, 9.17) is 9.47 Å². The molecule has 2 aromatic rings. The summed E-state index contributed by atoms with van der Waals surface area (Å²) in [7, 11) is 0. The van der Waals surface area contributed by atoms with Gasteiger partial charge in [0.05, 0.1) is 0 Å². The van der Waals surface area contributed by atoms with Gasteiger partial charge in [0.2, 0.25) is 11.9 Å². The predicted molar refractivity (Wildman–Crippen MR) is 110 cm³/mol. The van der Waals surface area contributed by atoms with Crippen molar-refractivity contribution < 1.29 is 9.47 Å². The maximum atomic E-state index is 12.1.